The SMILES string of the molecule is CCS(=O)(=O)CCNC(=O)C1NCCc2ccccc21. The minimum Gasteiger partial charge on any atom is -0.353 e. The Balaban J connectivity index is 1.97. The fourth-order valence-electron chi connectivity index (χ4n) is 2.31. The van der Waals surface area contributed by atoms with Crippen LogP contribution in [0, 0.1) is 0 Å². The summed E-state index contributed by atoms with van der Waals surface area (Å²) in [5.74, 6) is -0.0692. The van der Waals surface area contributed by atoms with Gasteiger partial charge in [0.1, 0.15) is 6.04 Å². The van der Waals surface area contributed by atoms with Gasteiger partial charge in [0.2, 0.25) is 5.91 Å². The fourth-order valence-corrected chi connectivity index (χ4v) is 3.02. The van der Waals surface area contributed by atoms with Crippen LogP contribution in [0.15, 0.2) is 24.3 Å². The van der Waals surface area contributed by atoms with E-state index in [1.807, 2.05) is 24.3 Å². The van der Waals surface area contributed by atoms with Gasteiger partial charge in [-0.15, -0.1) is 0 Å². The Morgan fingerprint density at radius 1 is 1.40 bits per heavy atom. The van der Waals surface area contributed by atoms with E-state index in [1.165, 1.54) is 5.56 Å². The Labute approximate surface area is 119 Å². The van der Waals surface area contributed by atoms with E-state index >= 15 is 0 Å². The smallest absolute Gasteiger partial charge is 0.241 e. The number of benzene rings is 1. The van der Waals surface area contributed by atoms with Crippen molar-refractivity contribution in [2.24, 2.45) is 0 Å². The number of carbonyl (C=O) groups excluding carboxylic acids is 1. The van der Waals surface area contributed by atoms with Crippen molar-refractivity contribution in [3.63, 3.8) is 0 Å². The zero-order chi connectivity index (χ0) is 14.6. The Morgan fingerprint density at radius 3 is 2.90 bits per heavy atom. The standard InChI is InChI=1S/C14H20N2O3S/c1-2-20(18,19)10-9-16-14(17)13-12-6-4-3-5-11(12)7-8-15-13/h3-6,13,15H,2,7-10H2,1H3,(H,16,17). The molecule has 0 saturated heterocycles. The summed E-state index contributed by atoms with van der Waals surface area (Å²) >= 11 is 0. The molecule has 1 atom stereocenters. The first-order valence-corrected chi connectivity index (χ1v) is 8.65. The molecule has 1 aliphatic heterocycles. The van der Waals surface area contributed by atoms with Crippen LogP contribution in [0.3, 0.4) is 0 Å². The Bertz CT molecular complexity index is 584. The van der Waals surface area contributed by atoms with Gasteiger partial charge < -0.3 is 10.6 Å². The maximum Gasteiger partial charge on any atom is 0.241 e. The molecule has 1 amide bonds. The monoisotopic (exact) mass is 296 g/mol. The molecule has 0 aromatic heterocycles. The van der Waals surface area contributed by atoms with E-state index in [4.69, 9.17) is 0 Å². The van der Waals surface area contributed by atoms with Crippen molar-refractivity contribution in [3.05, 3.63) is 35.4 Å². The van der Waals surface area contributed by atoms with E-state index in [0.29, 0.717) is 0 Å². The highest BCUT2D eigenvalue weighted by molar-refractivity contribution is 7.91. The van der Waals surface area contributed by atoms with Crippen molar-refractivity contribution in [3.8, 4) is 0 Å². The number of fused-ring (bicyclic) bond motifs is 1. The van der Waals surface area contributed by atoms with Crippen molar-refractivity contribution >= 4 is 15.7 Å². The van der Waals surface area contributed by atoms with Crippen molar-refractivity contribution < 1.29 is 13.2 Å². The first-order chi connectivity index (χ1) is 9.53. The number of carbonyl (C=O) groups is 1. The van der Waals surface area contributed by atoms with Gasteiger partial charge in [0.05, 0.1) is 5.75 Å². The second-order valence-electron chi connectivity index (χ2n) is 4.86. The van der Waals surface area contributed by atoms with Gasteiger partial charge in [0.25, 0.3) is 0 Å². The predicted octanol–water partition coefficient (Wildman–Crippen LogP) is 0.424. The fraction of sp³-hybridized carbons (Fsp3) is 0.500. The van der Waals surface area contributed by atoms with Crippen LogP contribution in [0.4, 0.5) is 0 Å². The number of nitrogens with one attached hydrogen (secondary N) is 2. The molecule has 1 aromatic rings. The summed E-state index contributed by atoms with van der Waals surface area (Å²) in [5.41, 5.74) is 2.15. The maximum atomic E-state index is 12.2. The summed E-state index contributed by atoms with van der Waals surface area (Å²) in [6.45, 7) is 2.52. The Hall–Kier alpha value is -1.40. The normalized spacial score (nSPS) is 18.4. The molecule has 0 bridgehead atoms. The third-order valence-corrected chi connectivity index (χ3v) is 5.23. The first kappa shape index (κ1) is 15.0. The molecule has 20 heavy (non-hydrogen) atoms. The van der Waals surface area contributed by atoms with Crippen LogP contribution in [0.2, 0.25) is 0 Å². The van der Waals surface area contributed by atoms with E-state index in [0.717, 1.165) is 18.5 Å². The maximum absolute atomic E-state index is 12.2. The van der Waals surface area contributed by atoms with Gasteiger partial charge in [0.15, 0.2) is 9.84 Å². The van der Waals surface area contributed by atoms with Gasteiger partial charge in [-0.3, -0.25) is 4.79 Å². The summed E-state index contributed by atoms with van der Waals surface area (Å²) in [6, 6.07) is 7.46. The van der Waals surface area contributed by atoms with Gasteiger partial charge in [-0.1, -0.05) is 31.2 Å². The molecule has 2 N–H and O–H groups in total. The van der Waals surface area contributed by atoms with Crippen LogP contribution in [0.5, 0.6) is 0 Å². The Morgan fingerprint density at radius 2 is 2.15 bits per heavy atom. The van der Waals surface area contributed by atoms with Crippen LogP contribution in [0.1, 0.15) is 24.1 Å². The van der Waals surface area contributed by atoms with E-state index < -0.39 is 9.84 Å². The highest BCUT2D eigenvalue weighted by Gasteiger charge is 2.25. The lowest BCUT2D eigenvalue weighted by molar-refractivity contribution is -0.123. The van der Waals surface area contributed by atoms with E-state index in [2.05, 4.69) is 10.6 Å². The number of sulfone groups is 1. The second kappa shape index (κ2) is 6.37. The summed E-state index contributed by atoms with van der Waals surface area (Å²) in [7, 11) is -3.04. The zero-order valence-corrected chi connectivity index (χ0v) is 12.4. The molecular weight excluding hydrogens is 276 g/mol. The third kappa shape index (κ3) is 3.58. The summed E-state index contributed by atoms with van der Waals surface area (Å²) < 4.78 is 22.8. The van der Waals surface area contributed by atoms with Crippen LogP contribution in [-0.2, 0) is 21.1 Å². The molecule has 0 radical (unpaired) electrons. The topological polar surface area (TPSA) is 75.3 Å². The average molecular weight is 296 g/mol. The van der Waals surface area contributed by atoms with Crippen LogP contribution in [0.25, 0.3) is 0 Å². The lowest BCUT2D eigenvalue weighted by atomic mass is 9.94. The molecule has 1 unspecified atom stereocenters. The molecular formula is C14H20N2O3S. The largest absolute Gasteiger partial charge is 0.353 e. The lowest BCUT2D eigenvalue weighted by Crippen LogP contribution is -2.42. The quantitative estimate of drug-likeness (QED) is 0.826. The van der Waals surface area contributed by atoms with Crippen molar-refractivity contribution in [2.45, 2.75) is 19.4 Å². The summed E-state index contributed by atoms with van der Waals surface area (Å²) in [5, 5.41) is 5.88. The van der Waals surface area contributed by atoms with Crippen molar-refractivity contribution in [2.75, 3.05) is 24.6 Å². The van der Waals surface area contributed by atoms with Gasteiger partial charge in [0, 0.05) is 18.8 Å². The van der Waals surface area contributed by atoms with Crippen LogP contribution >= 0.6 is 0 Å². The van der Waals surface area contributed by atoms with Crippen molar-refractivity contribution in [1.29, 1.82) is 0 Å². The number of rotatable bonds is 5. The molecule has 6 heteroatoms. The first-order valence-electron chi connectivity index (χ1n) is 6.83. The minimum atomic E-state index is -3.04. The van der Waals surface area contributed by atoms with Crippen LogP contribution in [-0.4, -0.2) is 38.9 Å². The van der Waals surface area contributed by atoms with Gasteiger partial charge in [-0.25, -0.2) is 8.42 Å². The molecule has 5 nitrogen and oxygen atoms in total. The number of hydrogen-bond donors (Lipinski definition) is 2. The van der Waals surface area contributed by atoms with Gasteiger partial charge in [-0.2, -0.15) is 0 Å². The molecule has 110 valence electrons. The number of hydrogen-bond acceptors (Lipinski definition) is 4. The average Bonchev–Trinajstić information content (AvgIpc) is 2.46. The summed E-state index contributed by atoms with van der Waals surface area (Å²) in [4.78, 5) is 12.2. The third-order valence-electron chi connectivity index (χ3n) is 3.52. The van der Waals surface area contributed by atoms with Gasteiger partial charge in [-0.05, 0) is 17.5 Å². The van der Waals surface area contributed by atoms with Crippen LogP contribution < -0.4 is 10.6 Å². The Kier molecular flexibility index (Phi) is 4.77. The van der Waals surface area contributed by atoms with E-state index in [9.17, 15) is 13.2 Å². The second-order valence-corrected chi connectivity index (χ2v) is 7.34. The molecule has 0 spiro atoms. The van der Waals surface area contributed by atoms with E-state index in [1.54, 1.807) is 6.92 Å². The zero-order valence-electron chi connectivity index (χ0n) is 11.6. The summed E-state index contributed by atoms with van der Waals surface area (Å²) in [6.07, 6.45) is 0.907. The van der Waals surface area contributed by atoms with Gasteiger partial charge >= 0.3 is 0 Å². The molecule has 0 fully saturated rings. The van der Waals surface area contributed by atoms with Crippen molar-refractivity contribution in [1.82, 2.24) is 10.6 Å². The minimum absolute atomic E-state index is 0.0103. The molecule has 0 saturated carbocycles. The molecule has 2 rings (SSSR count). The predicted molar refractivity (Wildman–Crippen MR) is 78.2 cm³/mol. The highest BCUT2D eigenvalue weighted by atomic mass is 32.2. The molecule has 1 heterocycles. The molecule has 0 aliphatic carbocycles. The highest BCUT2D eigenvalue weighted by Crippen LogP contribution is 2.22. The lowest BCUT2D eigenvalue weighted by Gasteiger charge is -2.26. The number of amides is 1. The molecule has 1 aliphatic rings. The molecule has 1 aromatic carbocycles. The van der Waals surface area contributed by atoms with E-state index in [-0.39, 0.29) is 30.0 Å².